The summed E-state index contributed by atoms with van der Waals surface area (Å²) in [6, 6.07) is 3.14. The molecule has 0 atom stereocenters. The Balaban J connectivity index is 2.48. The van der Waals surface area contributed by atoms with Gasteiger partial charge in [-0.05, 0) is 6.07 Å². The number of carboxylic acids is 1. The van der Waals surface area contributed by atoms with Crippen molar-refractivity contribution < 1.29 is 24.2 Å². The van der Waals surface area contributed by atoms with E-state index in [1.165, 1.54) is 0 Å². The molecule has 1 aromatic carbocycles. The molecule has 1 aliphatic heterocycles. The van der Waals surface area contributed by atoms with Gasteiger partial charge in [-0.2, -0.15) is 0 Å². The van der Waals surface area contributed by atoms with E-state index >= 15 is 0 Å². The number of aliphatic carboxylic acids is 1. The lowest BCUT2D eigenvalue weighted by Crippen LogP contribution is -2.05. The van der Waals surface area contributed by atoms with Crippen LogP contribution in [0, 0.1) is 0 Å². The third-order valence-corrected chi connectivity index (χ3v) is 2.47. The minimum absolute atomic E-state index is 0.148. The van der Waals surface area contributed by atoms with Gasteiger partial charge in [-0.15, -0.1) is 0 Å². The van der Waals surface area contributed by atoms with Crippen molar-refractivity contribution in [2.75, 3.05) is 13.2 Å². The molecular formula is C12H12O5. The summed E-state index contributed by atoms with van der Waals surface area (Å²) in [6.07, 6.45) is 1.24. The predicted molar refractivity (Wildman–Crippen MR) is 58.8 cm³/mol. The van der Waals surface area contributed by atoms with Crippen molar-refractivity contribution in [3.8, 4) is 11.5 Å². The van der Waals surface area contributed by atoms with E-state index in [1.54, 1.807) is 12.1 Å². The predicted octanol–water partition coefficient (Wildman–Crippen LogP) is 1.29. The first-order valence-corrected chi connectivity index (χ1v) is 5.31. The summed E-state index contributed by atoms with van der Waals surface area (Å²) in [5.41, 5.74) is 0.913. The number of carbonyl (C=O) groups is 2. The van der Waals surface area contributed by atoms with Crippen LogP contribution in [0.5, 0.6) is 11.5 Å². The Morgan fingerprint density at radius 3 is 2.65 bits per heavy atom. The molecule has 2 rings (SSSR count). The minimum Gasteiger partial charge on any atom is -0.489 e. The summed E-state index contributed by atoms with van der Waals surface area (Å²) >= 11 is 0. The molecule has 0 saturated heterocycles. The molecule has 5 nitrogen and oxygen atoms in total. The van der Waals surface area contributed by atoms with Gasteiger partial charge in [0.25, 0.3) is 0 Å². The Hall–Kier alpha value is -2.04. The Morgan fingerprint density at radius 2 is 2.00 bits per heavy atom. The number of rotatable bonds is 3. The van der Waals surface area contributed by atoms with Crippen molar-refractivity contribution in [2.24, 2.45) is 0 Å². The highest BCUT2D eigenvalue weighted by molar-refractivity contribution is 5.83. The van der Waals surface area contributed by atoms with Crippen LogP contribution in [0.15, 0.2) is 12.1 Å². The third-order valence-electron chi connectivity index (χ3n) is 2.47. The molecule has 90 valence electrons. The van der Waals surface area contributed by atoms with Crippen molar-refractivity contribution in [2.45, 2.75) is 12.8 Å². The fraction of sp³-hybridized carbons (Fsp3) is 0.333. The molecule has 0 aliphatic carbocycles. The quantitative estimate of drug-likeness (QED) is 0.800. The van der Waals surface area contributed by atoms with Gasteiger partial charge in [0.15, 0.2) is 17.8 Å². The lowest BCUT2D eigenvalue weighted by molar-refractivity contribution is -0.136. The highest BCUT2D eigenvalue weighted by atomic mass is 16.5. The lowest BCUT2D eigenvalue weighted by Gasteiger charge is -2.12. The highest BCUT2D eigenvalue weighted by Crippen LogP contribution is 2.36. The van der Waals surface area contributed by atoms with Gasteiger partial charge in [0.2, 0.25) is 0 Å². The molecular weight excluding hydrogens is 224 g/mol. The van der Waals surface area contributed by atoms with E-state index in [-0.39, 0.29) is 6.42 Å². The smallest absolute Gasteiger partial charge is 0.307 e. The summed E-state index contributed by atoms with van der Waals surface area (Å²) in [7, 11) is 0. The van der Waals surface area contributed by atoms with Crippen LogP contribution in [0.4, 0.5) is 0 Å². The topological polar surface area (TPSA) is 72.8 Å². The fourth-order valence-corrected chi connectivity index (χ4v) is 1.73. The molecule has 0 saturated carbocycles. The molecule has 0 unspecified atom stereocenters. The first-order chi connectivity index (χ1) is 8.22. The Kier molecular flexibility index (Phi) is 3.27. The number of aldehydes is 1. The van der Waals surface area contributed by atoms with Crippen molar-refractivity contribution in [3.63, 3.8) is 0 Å². The summed E-state index contributed by atoms with van der Waals surface area (Å²) in [5, 5.41) is 8.80. The third kappa shape index (κ3) is 2.38. The summed E-state index contributed by atoms with van der Waals surface area (Å²) in [4.78, 5) is 21.6. The average molecular weight is 236 g/mol. The van der Waals surface area contributed by atoms with Gasteiger partial charge in [-0.25, -0.2) is 0 Å². The zero-order chi connectivity index (χ0) is 12.3. The van der Waals surface area contributed by atoms with E-state index in [0.29, 0.717) is 48.5 Å². The monoisotopic (exact) mass is 236 g/mol. The molecule has 0 amide bonds. The number of carbonyl (C=O) groups excluding carboxylic acids is 1. The molecule has 1 aromatic rings. The van der Waals surface area contributed by atoms with Gasteiger partial charge in [-0.1, -0.05) is 6.07 Å². The van der Waals surface area contributed by atoms with Crippen molar-refractivity contribution in [1.29, 1.82) is 0 Å². The summed E-state index contributed by atoms with van der Waals surface area (Å²) in [6.45, 7) is 0.923. The van der Waals surface area contributed by atoms with E-state index in [9.17, 15) is 9.59 Å². The second-order valence-electron chi connectivity index (χ2n) is 3.71. The van der Waals surface area contributed by atoms with Crippen LogP contribution in [0.2, 0.25) is 0 Å². The number of carboxylic acid groups (broad SMARTS) is 1. The molecule has 1 heterocycles. The van der Waals surface area contributed by atoms with Crippen LogP contribution in [-0.4, -0.2) is 30.6 Å². The first-order valence-electron chi connectivity index (χ1n) is 5.31. The van der Waals surface area contributed by atoms with E-state index in [0.717, 1.165) is 0 Å². The number of hydrogen-bond donors (Lipinski definition) is 1. The zero-order valence-corrected chi connectivity index (χ0v) is 9.14. The maximum absolute atomic E-state index is 10.9. The maximum Gasteiger partial charge on any atom is 0.307 e. The normalized spacial score (nSPS) is 13.9. The zero-order valence-electron chi connectivity index (χ0n) is 9.14. The van der Waals surface area contributed by atoms with Gasteiger partial charge in [0.1, 0.15) is 0 Å². The Morgan fingerprint density at radius 1 is 1.29 bits per heavy atom. The molecule has 1 N–H and O–H groups in total. The molecule has 0 aromatic heterocycles. The number of fused-ring (bicyclic) bond motifs is 1. The van der Waals surface area contributed by atoms with E-state index < -0.39 is 5.97 Å². The van der Waals surface area contributed by atoms with Crippen LogP contribution in [0.1, 0.15) is 22.3 Å². The second kappa shape index (κ2) is 4.86. The molecule has 1 aliphatic rings. The van der Waals surface area contributed by atoms with Gasteiger partial charge < -0.3 is 14.6 Å². The molecule has 5 heteroatoms. The standard InChI is InChI=1S/C12H12O5/c13-7-9-3-2-8(6-10(14)15)11-12(9)17-5-1-4-16-11/h2-3,7H,1,4-6H2,(H,14,15). The largest absolute Gasteiger partial charge is 0.489 e. The van der Waals surface area contributed by atoms with Crippen LogP contribution >= 0.6 is 0 Å². The summed E-state index contributed by atoms with van der Waals surface area (Å²) < 4.78 is 10.9. The highest BCUT2D eigenvalue weighted by Gasteiger charge is 2.19. The molecule has 0 fully saturated rings. The fourth-order valence-electron chi connectivity index (χ4n) is 1.73. The molecule has 0 spiro atoms. The Labute approximate surface area is 98.0 Å². The first kappa shape index (κ1) is 11.4. The van der Waals surface area contributed by atoms with E-state index in [4.69, 9.17) is 14.6 Å². The van der Waals surface area contributed by atoms with E-state index in [1.807, 2.05) is 0 Å². The van der Waals surface area contributed by atoms with Crippen LogP contribution in [0.25, 0.3) is 0 Å². The van der Waals surface area contributed by atoms with E-state index in [2.05, 4.69) is 0 Å². The van der Waals surface area contributed by atoms with Crippen LogP contribution in [-0.2, 0) is 11.2 Å². The van der Waals surface area contributed by atoms with Crippen LogP contribution in [0.3, 0.4) is 0 Å². The van der Waals surface area contributed by atoms with Gasteiger partial charge >= 0.3 is 5.97 Å². The van der Waals surface area contributed by atoms with Crippen LogP contribution < -0.4 is 9.47 Å². The number of ether oxygens (including phenoxy) is 2. The maximum atomic E-state index is 10.9. The van der Waals surface area contributed by atoms with Crippen molar-refractivity contribution in [3.05, 3.63) is 23.3 Å². The second-order valence-corrected chi connectivity index (χ2v) is 3.71. The van der Waals surface area contributed by atoms with Gasteiger partial charge in [-0.3, -0.25) is 9.59 Å². The summed E-state index contributed by atoms with van der Waals surface area (Å²) in [5.74, 6) is -0.204. The molecule has 0 bridgehead atoms. The van der Waals surface area contributed by atoms with Gasteiger partial charge in [0.05, 0.1) is 25.2 Å². The Bertz CT molecular complexity index is 452. The number of benzene rings is 1. The van der Waals surface area contributed by atoms with Crippen molar-refractivity contribution >= 4 is 12.3 Å². The SMILES string of the molecule is O=Cc1ccc(CC(=O)O)c2c1OCCCO2. The molecule has 17 heavy (non-hydrogen) atoms. The average Bonchev–Trinajstić information content (AvgIpc) is 2.54. The van der Waals surface area contributed by atoms with Gasteiger partial charge in [0, 0.05) is 12.0 Å². The number of hydrogen-bond acceptors (Lipinski definition) is 4. The minimum atomic E-state index is -0.945. The van der Waals surface area contributed by atoms with Crippen molar-refractivity contribution in [1.82, 2.24) is 0 Å². The lowest BCUT2D eigenvalue weighted by atomic mass is 10.1. The molecule has 0 radical (unpaired) electrons.